The van der Waals surface area contributed by atoms with Crippen LogP contribution < -0.4 is 0 Å². The van der Waals surface area contributed by atoms with Crippen molar-refractivity contribution in [3.8, 4) is 0 Å². The van der Waals surface area contributed by atoms with Gasteiger partial charge in [0.15, 0.2) is 0 Å². The molecule has 0 aromatic carbocycles. The third-order valence-electron chi connectivity index (χ3n) is 3.60. The molecule has 0 radical (unpaired) electrons. The van der Waals surface area contributed by atoms with Crippen molar-refractivity contribution >= 4 is 21.9 Å². The van der Waals surface area contributed by atoms with E-state index in [0.29, 0.717) is 16.1 Å². The number of ether oxygens (including phenoxy) is 1. The van der Waals surface area contributed by atoms with E-state index in [1.54, 1.807) is 18.3 Å². The topological polar surface area (TPSA) is 39.2 Å². The first-order valence-corrected chi connectivity index (χ1v) is 7.33. The molecule has 0 aliphatic heterocycles. The number of hydrogen-bond acceptors (Lipinski definition) is 3. The molecule has 1 aromatic heterocycles. The van der Waals surface area contributed by atoms with Crippen LogP contribution in [-0.2, 0) is 4.74 Å². The van der Waals surface area contributed by atoms with E-state index < -0.39 is 0 Å². The Labute approximate surface area is 116 Å². The second-order valence-electron chi connectivity index (χ2n) is 4.74. The zero-order chi connectivity index (χ0) is 13.0. The Kier molecular flexibility index (Phi) is 4.75. The molecule has 18 heavy (non-hydrogen) atoms. The summed E-state index contributed by atoms with van der Waals surface area (Å²) in [5.74, 6) is 0.249. The predicted octanol–water partition coefficient (Wildman–Crippen LogP) is 3.97. The van der Waals surface area contributed by atoms with E-state index in [2.05, 4.69) is 27.8 Å². The molecule has 1 fully saturated rings. The van der Waals surface area contributed by atoms with E-state index in [1.165, 1.54) is 12.8 Å². The van der Waals surface area contributed by atoms with E-state index in [-0.39, 0.29) is 12.1 Å². The van der Waals surface area contributed by atoms with Gasteiger partial charge in [-0.1, -0.05) is 13.3 Å². The second kappa shape index (κ2) is 6.32. The third-order valence-corrected chi connectivity index (χ3v) is 4.23. The Morgan fingerprint density at radius 3 is 3.00 bits per heavy atom. The number of halogens is 1. The maximum Gasteiger partial charge on any atom is 0.341 e. The first-order chi connectivity index (χ1) is 8.72. The van der Waals surface area contributed by atoms with Gasteiger partial charge in [-0.25, -0.2) is 9.78 Å². The fourth-order valence-corrected chi connectivity index (χ4v) is 2.95. The van der Waals surface area contributed by atoms with Crippen LogP contribution in [0.4, 0.5) is 0 Å². The van der Waals surface area contributed by atoms with Crippen LogP contribution in [-0.4, -0.2) is 17.1 Å². The highest BCUT2D eigenvalue weighted by atomic mass is 79.9. The van der Waals surface area contributed by atoms with Crippen molar-refractivity contribution in [2.24, 2.45) is 5.92 Å². The summed E-state index contributed by atoms with van der Waals surface area (Å²) in [6.45, 7) is 2.16. The molecule has 0 amide bonds. The predicted molar refractivity (Wildman–Crippen MR) is 73.4 cm³/mol. The molecule has 0 bridgehead atoms. The zero-order valence-corrected chi connectivity index (χ0v) is 12.1. The Balaban J connectivity index is 2.04. The van der Waals surface area contributed by atoms with Crippen molar-refractivity contribution < 1.29 is 9.53 Å². The number of hydrogen-bond donors (Lipinski definition) is 0. The number of rotatable bonds is 3. The standard InChI is InChI=1S/C14H18BrNO2/c1-2-10-6-3-4-8-12(10)18-14(17)11-7-5-9-16-13(11)15/h5,7,9-10,12H,2-4,6,8H2,1H3. The third kappa shape index (κ3) is 3.10. The van der Waals surface area contributed by atoms with Gasteiger partial charge in [0, 0.05) is 6.20 Å². The summed E-state index contributed by atoms with van der Waals surface area (Å²) in [6.07, 6.45) is 7.36. The van der Waals surface area contributed by atoms with Crippen LogP contribution in [0.25, 0.3) is 0 Å². The van der Waals surface area contributed by atoms with Crippen LogP contribution in [0.2, 0.25) is 0 Å². The lowest BCUT2D eigenvalue weighted by Crippen LogP contribution is -2.29. The number of nitrogens with zero attached hydrogens (tertiary/aromatic N) is 1. The summed E-state index contributed by atoms with van der Waals surface area (Å²) < 4.78 is 6.21. The Bertz CT molecular complexity index is 422. The highest BCUT2D eigenvalue weighted by Crippen LogP contribution is 2.30. The Hall–Kier alpha value is -0.900. The van der Waals surface area contributed by atoms with Crippen LogP contribution in [0, 0.1) is 5.92 Å². The minimum absolute atomic E-state index is 0.0726. The van der Waals surface area contributed by atoms with Gasteiger partial charge >= 0.3 is 5.97 Å². The van der Waals surface area contributed by atoms with Gasteiger partial charge in [0.05, 0.1) is 5.56 Å². The van der Waals surface area contributed by atoms with Gasteiger partial charge in [-0.15, -0.1) is 0 Å². The summed E-state index contributed by atoms with van der Waals surface area (Å²) in [5.41, 5.74) is 0.512. The lowest BCUT2D eigenvalue weighted by Gasteiger charge is -2.30. The average molecular weight is 312 g/mol. The number of aromatic nitrogens is 1. The lowest BCUT2D eigenvalue weighted by molar-refractivity contribution is 0.000566. The monoisotopic (exact) mass is 311 g/mol. The van der Waals surface area contributed by atoms with Crippen LogP contribution >= 0.6 is 15.9 Å². The Morgan fingerprint density at radius 1 is 1.50 bits per heavy atom. The average Bonchev–Trinajstić information content (AvgIpc) is 2.39. The number of carbonyl (C=O) groups excluding carboxylic acids is 1. The molecule has 3 nitrogen and oxygen atoms in total. The fourth-order valence-electron chi connectivity index (χ4n) is 2.54. The largest absolute Gasteiger partial charge is 0.458 e. The normalized spacial score (nSPS) is 23.7. The Morgan fingerprint density at radius 2 is 2.28 bits per heavy atom. The first kappa shape index (κ1) is 13.5. The van der Waals surface area contributed by atoms with E-state index in [9.17, 15) is 4.79 Å². The van der Waals surface area contributed by atoms with Gasteiger partial charge in [-0.05, 0) is 59.7 Å². The smallest absolute Gasteiger partial charge is 0.341 e. The zero-order valence-electron chi connectivity index (χ0n) is 10.6. The minimum atomic E-state index is -0.264. The van der Waals surface area contributed by atoms with Crippen LogP contribution in [0.15, 0.2) is 22.9 Å². The van der Waals surface area contributed by atoms with Crippen molar-refractivity contribution in [3.05, 3.63) is 28.5 Å². The first-order valence-electron chi connectivity index (χ1n) is 6.54. The molecule has 0 spiro atoms. The number of pyridine rings is 1. The summed E-state index contributed by atoms with van der Waals surface area (Å²) in [5, 5.41) is 0. The van der Waals surface area contributed by atoms with Crippen molar-refractivity contribution in [1.82, 2.24) is 4.98 Å². The van der Waals surface area contributed by atoms with E-state index >= 15 is 0 Å². The van der Waals surface area contributed by atoms with E-state index in [4.69, 9.17) is 4.74 Å². The molecule has 0 saturated heterocycles. The molecule has 98 valence electrons. The van der Waals surface area contributed by atoms with E-state index in [0.717, 1.165) is 19.3 Å². The molecule has 1 saturated carbocycles. The summed E-state index contributed by atoms with van der Waals surface area (Å²) in [4.78, 5) is 16.2. The van der Waals surface area contributed by atoms with Crippen molar-refractivity contribution in [1.29, 1.82) is 0 Å². The summed E-state index contributed by atoms with van der Waals surface area (Å²) in [7, 11) is 0. The van der Waals surface area contributed by atoms with Crippen LogP contribution in [0.5, 0.6) is 0 Å². The lowest BCUT2D eigenvalue weighted by atomic mass is 9.85. The molecule has 0 N–H and O–H groups in total. The molecule has 1 aliphatic carbocycles. The molecule has 2 unspecified atom stereocenters. The maximum atomic E-state index is 12.1. The molecule has 1 heterocycles. The minimum Gasteiger partial charge on any atom is -0.458 e. The van der Waals surface area contributed by atoms with Crippen molar-refractivity contribution in [3.63, 3.8) is 0 Å². The van der Waals surface area contributed by atoms with Crippen molar-refractivity contribution in [2.75, 3.05) is 0 Å². The van der Waals surface area contributed by atoms with Gasteiger partial charge in [-0.3, -0.25) is 0 Å². The molecular weight excluding hydrogens is 294 g/mol. The van der Waals surface area contributed by atoms with Crippen LogP contribution in [0.1, 0.15) is 49.4 Å². The molecule has 2 atom stereocenters. The highest BCUT2D eigenvalue weighted by Gasteiger charge is 2.27. The van der Waals surface area contributed by atoms with E-state index in [1.807, 2.05) is 0 Å². The van der Waals surface area contributed by atoms with Crippen molar-refractivity contribution in [2.45, 2.75) is 45.1 Å². The quantitative estimate of drug-likeness (QED) is 0.626. The van der Waals surface area contributed by atoms with Gasteiger partial charge in [0.1, 0.15) is 10.7 Å². The molecule has 1 aromatic rings. The summed E-state index contributed by atoms with van der Waals surface area (Å²) in [6, 6.07) is 3.49. The highest BCUT2D eigenvalue weighted by molar-refractivity contribution is 9.10. The molecule has 4 heteroatoms. The van der Waals surface area contributed by atoms with Gasteiger partial charge in [0.25, 0.3) is 0 Å². The SMILES string of the molecule is CCC1CCCCC1OC(=O)c1cccnc1Br. The van der Waals surface area contributed by atoms with Gasteiger partial charge in [-0.2, -0.15) is 0 Å². The second-order valence-corrected chi connectivity index (χ2v) is 5.49. The number of esters is 1. The fraction of sp³-hybridized carbons (Fsp3) is 0.571. The molecule has 2 rings (SSSR count). The molecular formula is C14H18BrNO2. The van der Waals surface area contributed by atoms with Gasteiger partial charge < -0.3 is 4.74 Å². The molecule has 1 aliphatic rings. The van der Waals surface area contributed by atoms with Crippen LogP contribution in [0.3, 0.4) is 0 Å². The number of carbonyl (C=O) groups is 1. The van der Waals surface area contributed by atoms with Gasteiger partial charge in [0.2, 0.25) is 0 Å². The maximum absolute atomic E-state index is 12.1. The summed E-state index contributed by atoms with van der Waals surface area (Å²) >= 11 is 3.28.